The number of carbonyl (C=O) groups is 1. The smallest absolute Gasteiger partial charge is 0.410 e. The second-order valence-electron chi connectivity index (χ2n) is 10.1. The van der Waals surface area contributed by atoms with Crippen molar-refractivity contribution >= 4 is 27.6 Å². The Morgan fingerprint density at radius 3 is 2.58 bits per heavy atom. The van der Waals surface area contributed by atoms with E-state index >= 15 is 0 Å². The number of amides is 1. The van der Waals surface area contributed by atoms with Gasteiger partial charge in [-0.1, -0.05) is 18.2 Å². The molecule has 6 rings (SSSR count). The van der Waals surface area contributed by atoms with Crippen LogP contribution in [0.15, 0.2) is 54.7 Å². The molecule has 1 aliphatic heterocycles. The van der Waals surface area contributed by atoms with Crippen LogP contribution in [0.25, 0.3) is 11.4 Å². The van der Waals surface area contributed by atoms with Crippen LogP contribution in [-0.4, -0.2) is 60.5 Å². The van der Waals surface area contributed by atoms with Gasteiger partial charge in [-0.3, -0.25) is 5.32 Å². The molecule has 3 fully saturated rings. The van der Waals surface area contributed by atoms with Gasteiger partial charge in [0.05, 0.1) is 30.2 Å². The molecule has 1 saturated heterocycles. The molecular weight excluding hydrogens is 506 g/mol. The van der Waals surface area contributed by atoms with Crippen molar-refractivity contribution in [2.45, 2.75) is 48.6 Å². The van der Waals surface area contributed by atoms with E-state index < -0.39 is 20.7 Å². The van der Waals surface area contributed by atoms with Crippen molar-refractivity contribution in [2.75, 3.05) is 30.0 Å². The number of benzene rings is 1. The van der Waals surface area contributed by atoms with Crippen LogP contribution in [0, 0.1) is 0 Å². The highest BCUT2D eigenvalue weighted by atomic mass is 32.2. The van der Waals surface area contributed by atoms with Crippen LogP contribution >= 0.6 is 0 Å². The summed E-state index contributed by atoms with van der Waals surface area (Å²) in [5.74, 6) is 1.82. The third kappa shape index (κ3) is 4.71. The molecule has 1 amide bonds. The number of sulfone groups is 1. The van der Waals surface area contributed by atoms with Gasteiger partial charge in [-0.2, -0.15) is 0 Å². The predicted octanol–water partition coefficient (Wildman–Crippen LogP) is 3.94. The highest BCUT2D eigenvalue weighted by Gasteiger charge is 2.61. The summed E-state index contributed by atoms with van der Waals surface area (Å²) in [7, 11) is -3.32. The van der Waals surface area contributed by atoms with Gasteiger partial charge in [-0.15, -0.1) is 0 Å². The van der Waals surface area contributed by atoms with Crippen LogP contribution in [0.1, 0.15) is 38.3 Å². The Morgan fingerprint density at radius 1 is 1.13 bits per heavy atom. The quantitative estimate of drug-likeness (QED) is 0.479. The molecule has 1 aromatic carbocycles. The van der Waals surface area contributed by atoms with Gasteiger partial charge in [-0.05, 0) is 56.9 Å². The molecule has 1 atom stereocenters. The zero-order valence-electron chi connectivity index (χ0n) is 21.0. The monoisotopic (exact) mass is 535 g/mol. The summed E-state index contributed by atoms with van der Waals surface area (Å²) in [5.41, 5.74) is 1.17. The standard InChI is InChI=1S/C27H29N5O5S/c1-18-17-36-14-13-32(18)24-15-22(27(11-12-27)38(34,35)21-8-9-21)29-25(31-24)19-7-10-23(28-16-19)30-26(33)37-20-5-3-2-4-6-20/h2-7,10,15-16,18,21H,8-9,11-14,17H2,1H3,(H,28,30,33)/t18-/m0/s1. The van der Waals surface area contributed by atoms with Crippen LogP contribution < -0.4 is 15.0 Å². The van der Waals surface area contributed by atoms with E-state index in [0.29, 0.717) is 67.1 Å². The Labute approximate surface area is 221 Å². The highest BCUT2D eigenvalue weighted by molar-refractivity contribution is 7.93. The summed E-state index contributed by atoms with van der Waals surface area (Å²) < 4.78 is 36.7. The number of hydrogen-bond donors (Lipinski definition) is 1. The van der Waals surface area contributed by atoms with Crippen molar-refractivity contribution < 1.29 is 22.7 Å². The molecule has 0 radical (unpaired) electrons. The van der Waals surface area contributed by atoms with E-state index in [-0.39, 0.29) is 11.3 Å². The molecule has 0 spiro atoms. The number of pyridine rings is 1. The Balaban J connectivity index is 1.30. The van der Waals surface area contributed by atoms with E-state index in [4.69, 9.17) is 19.4 Å². The molecule has 3 heterocycles. The first-order valence-electron chi connectivity index (χ1n) is 12.8. The maximum atomic E-state index is 13.4. The molecule has 11 heteroatoms. The molecular formula is C27H29N5O5S. The number of nitrogens with zero attached hydrogens (tertiary/aromatic N) is 4. The molecule has 38 heavy (non-hydrogen) atoms. The molecule has 1 N–H and O–H groups in total. The average Bonchev–Trinajstić information content (AvgIpc) is 3.83. The Bertz CT molecular complexity index is 1440. The Hall–Kier alpha value is -3.57. The molecule has 2 aromatic heterocycles. The van der Waals surface area contributed by atoms with Crippen LogP contribution in [0.2, 0.25) is 0 Å². The van der Waals surface area contributed by atoms with E-state index in [1.54, 1.807) is 42.6 Å². The zero-order valence-corrected chi connectivity index (χ0v) is 21.9. The van der Waals surface area contributed by atoms with Crippen molar-refractivity contribution in [2.24, 2.45) is 0 Å². The van der Waals surface area contributed by atoms with Crippen molar-refractivity contribution in [1.82, 2.24) is 15.0 Å². The van der Waals surface area contributed by atoms with E-state index in [9.17, 15) is 13.2 Å². The van der Waals surface area contributed by atoms with Crippen LogP contribution in [0.4, 0.5) is 16.4 Å². The van der Waals surface area contributed by atoms with Crippen molar-refractivity contribution in [1.29, 1.82) is 0 Å². The van der Waals surface area contributed by atoms with E-state index in [2.05, 4.69) is 22.1 Å². The van der Waals surface area contributed by atoms with E-state index in [0.717, 1.165) is 12.8 Å². The maximum absolute atomic E-state index is 13.4. The Morgan fingerprint density at radius 2 is 1.92 bits per heavy atom. The molecule has 0 bridgehead atoms. The zero-order chi connectivity index (χ0) is 26.3. The second kappa shape index (κ2) is 9.63. The van der Waals surface area contributed by atoms with E-state index in [1.807, 2.05) is 12.1 Å². The normalized spacial score (nSPS) is 20.6. The largest absolute Gasteiger partial charge is 0.418 e. The fourth-order valence-electron chi connectivity index (χ4n) is 4.83. The minimum absolute atomic E-state index is 0.0925. The van der Waals surface area contributed by atoms with Crippen molar-refractivity contribution in [3.05, 3.63) is 60.4 Å². The van der Waals surface area contributed by atoms with Gasteiger partial charge < -0.3 is 14.4 Å². The third-order valence-electron chi connectivity index (χ3n) is 7.26. The van der Waals surface area contributed by atoms with Gasteiger partial charge in [0.15, 0.2) is 15.7 Å². The maximum Gasteiger partial charge on any atom is 0.418 e. The van der Waals surface area contributed by atoms with Gasteiger partial charge >= 0.3 is 6.09 Å². The molecule has 198 valence electrons. The number of nitrogens with one attached hydrogen (secondary N) is 1. The topological polar surface area (TPSA) is 124 Å². The number of anilines is 2. The summed E-state index contributed by atoms with van der Waals surface area (Å²) in [5, 5.41) is 2.34. The van der Waals surface area contributed by atoms with Crippen molar-refractivity contribution in [3.63, 3.8) is 0 Å². The number of hydrogen-bond acceptors (Lipinski definition) is 9. The third-order valence-corrected chi connectivity index (χ3v) is 10.3. The fourth-order valence-corrected chi connectivity index (χ4v) is 7.30. The number of aromatic nitrogens is 3. The highest BCUT2D eigenvalue weighted by Crippen LogP contribution is 2.57. The van der Waals surface area contributed by atoms with Crippen LogP contribution in [0.3, 0.4) is 0 Å². The van der Waals surface area contributed by atoms with E-state index in [1.165, 1.54) is 0 Å². The minimum atomic E-state index is -3.32. The van der Waals surface area contributed by atoms with Gasteiger partial charge in [-0.25, -0.2) is 28.2 Å². The second-order valence-corrected chi connectivity index (χ2v) is 12.6. The first kappa shape index (κ1) is 24.7. The summed E-state index contributed by atoms with van der Waals surface area (Å²) in [4.78, 5) is 28.3. The average molecular weight is 536 g/mol. The molecule has 3 aromatic rings. The number of rotatable bonds is 7. The lowest BCUT2D eigenvalue weighted by Gasteiger charge is -2.34. The molecule has 0 unspecified atom stereocenters. The molecule has 2 saturated carbocycles. The van der Waals surface area contributed by atoms with Gasteiger partial charge in [0.2, 0.25) is 0 Å². The summed E-state index contributed by atoms with van der Waals surface area (Å²) in [6, 6.07) is 14.1. The molecule has 10 nitrogen and oxygen atoms in total. The van der Waals surface area contributed by atoms with Gasteiger partial charge in [0.1, 0.15) is 22.1 Å². The fraction of sp³-hybridized carbons (Fsp3) is 0.407. The number of para-hydroxylation sites is 1. The minimum Gasteiger partial charge on any atom is -0.410 e. The molecule has 3 aliphatic rings. The predicted molar refractivity (Wildman–Crippen MR) is 142 cm³/mol. The number of ether oxygens (including phenoxy) is 2. The lowest BCUT2D eigenvalue weighted by molar-refractivity contribution is 0.0985. The van der Waals surface area contributed by atoms with Crippen LogP contribution in [0.5, 0.6) is 5.75 Å². The summed E-state index contributed by atoms with van der Waals surface area (Å²) in [6.07, 6.45) is 3.51. The Kier molecular flexibility index (Phi) is 6.27. The lowest BCUT2D eigenvalue weighted by Crippen LogP contribution is -2.44. The lowest BCUT2D eigenvalue weighted by atomic mass is 10.2. The van der Waals surface area contributed by atoms with Crippen molar-refractivity contribution in [3.8, 4) is 17.1 Å². The summed E-state index contributed by atoms with van der Waals surface area (Å²) in [6.45, 7) is 3.86. The number of carbonyl (C=O) groups excluding carboxylic acids is 1. The van der Waals surface area contributed by atoms with Crippen LogP contribution in [-0.2, 0) is 19.3 Å². The SMILES string of the molecule is C[C@H]1COCCN1c1cc(C2(S(=O)(=O)C3CC3)CC2)nc(-c2ccc(NC(=O)Oc3ccccc3)nc2)n1. The molecule has 2 aliphatic carbocycles. The summed E-state index contributed by atoms with van der Waals surface area (Å²) >= 11 is 0. The number of morpholine rings is 1. The first-order valence-corrected chi connectivity index (χ1v) is 14.4. The van der Waals surface area contributed by atoms with Gasteiger partial charge in [0, 0.05) is 24.4 Å². The first-order chi connectivity index (χ1) is 18.4. The van der Waals surface area contributed by atoms with Gasteiger partial charge in [0.25, 0.3) is 0 Å².